The standard InChI is InChI=1S/C21H28FN4O2S/c1-3-14-5-6-15(10-18(14)22)16-9-17(20-24-21(25-28-20)27-4-2)12-26(11-16)19-13-29-8-7-23-19/h5-6,10,16-17,19H,3-4,7-9,11-13H2,1-2H3. The van der Waals surface area contributed by atoms with Gasteiger partial charge < -0.3 is 9.26 Å². The number of hydrogen-bond acceptors (Lipinski definition) is 6. The summed E-state index contributed by atoms with van der Waals surface area (Å²) in [6, 6.07) is 5.97. The predicted molar refractivity (Wildman–Crippen MR) is 111 cm³/mol. The van der Waals surface area contributed by atoms with Crippen LogP contribution in [0.25, 0.3) is 0 Å². The number of likely N-dealkylation sites (tertiary alicyclic amines) is 1. The third-order valence-corrected chi connectivity index (χ3v) is 6.72. The number of rotatable bonds is 6. The maximum Gasteiger partial charge on any atom is 0.354 e. The van der Waals surface area contributed by atoms with E-state index >= 15 is 0 Å². The van der Waals surface area contributed by atoms with Crippen molar-refractivity contribution in [3.05, 3.63) is 41.0 Å². The number of piperidine rings is 1. The van der Waals surface area contributed by atoms with Crippen LogP contribution in [0.15, 0.2) is 22.7 Å². The van der Waals surface area contributed by atoms with Crippen LogP contribution in [0.5, 0.6) is 6.01 Å². The number of aromatic nitrogens is 2. The van der Waals surface area contributed by atoms with Crippen molar-refractivity contribution in [2.75, 3.05) is 37.7 Å². The average molecular weight is 420 g/mol. The number of benzene rings is 1. The first-order chi connectivity index (χ1) is 14.2. The van der Waals surface area contributed by atoms with Gasteiger partial charge in [0.05, 0.1) is 18.7 Å². The molecule has 3 atom stereocenters. The molecule has 2 aliphatic rings. The molecule has 1 radical (unpaired) electrons. The average Bonchev–Trinajstić information content (AvgIpc) is 3.23. The van der Waals surface area contributed by atoms with E-state index in [-0.39, 0.29) is 29.8 Å². The summed E-state index contributed by atoms with van der Waals surface area (Å²) in [5.41, 5.74) is 1.79. The van der Waals surface area contributed by atoms with Crippen LogP contribution in [-0.2, 0) is 6.42 Å². The predicted octanol–water partition coefficient (Wildman–Crippen LogP) is 3.42. The summed E-state index contributed by atoms with van der Waals surface area (Å²) in [6.07, 6.45) is 1.73. The highest BCUT2D eigenvalue weighted by atomic mass is 32.2. The summed E-state index contributed by atoms with van der Waals surface area (Å²) in [4.78, 5) is 6.84. The van der Waals surface area contributed by atoms with Gasteiger partial charge in [0.15, 0.2) is 0 Å². The second kappa shape index (κ2) is 9.45. The molecule has 0 aliphatic carbocycles. The van der Waals surface area contributed by atoms with Crippen LogP contribution in [0.3, 0.4) is 0 Å². The Labute approximate surface area is 175 Å². The quantitative estimate of drug-likeness (QED) is 0.715. The van der Waals surface area contributed by atoms with E-state index in [0.717, 1.165) is 48.7 Å². The Balaban J connectivity index is 1.58. The molecule has 0 saturated carbocycles. The van der Waals surface area contributed by atoms with Gasteiger partial charge in [-0.25, -0.2) is 9.71 Å². The zero-order valence-corrected chi connectivity index (χ0v) is 17.8. The van der Waals surface area contributed by atoms with E-state index in [0.29, 0.717) is 18.9 Å². The summed E-state index contributed by atoms with van der Waals surface area (Å²) >= 11 is 1.94. The van der Waals surface area contributed by atoms with Crippen molar-refractivity contribution in [2.24, 2.45) is 0 Å². The maximum absolute atomic E-state index is 14.5. The number of ether oxygens (including phenoxy) is 1. The Kier molecular flexibility index (Phi) is 6.72. The lowest BCUT2D eigenvalue weighted by Crippen LogP contribution is -2.52. The monoisotopic (exact) mass is 419 g/mol. The van der Waals surface area contributed by atoms with Crippen molar-refractivity contribution in [3.8, 4) is 6.01 Å². The van der Waals surface area contributed by atoms with Crippen molar-refractivity contribution >= 4 is 11.8 Å². The molecular weight excluding hydrogens is 391 g/mol. The molecule has 0 N–H and O–H groups in total. The Bertz CT molecular complexity index is 812. The highest BCUT2D eigenvalue weighted by Gasteiger charge is 2.36. The first kappa shape index (κ1) is 20.6. The molecular formula is C21H28FN4O2S. The van der Waals surface area contributed by atoms with Crippen molar-refractivity contribution in [3.63, 3.8) is 0 Å². The molecule has 0 bridgehead atoms. The molecule has 6 nitrogen and oxygen atoms in total. The molecule has 3 unspecified atom stereocenters. The van der Waals surface area contributed by atoms with Crippen LogP contribution in [-0.4, -0.2) is 59.0 Å². The minimum absolute atomic E-state index is 0.0755. The third-order valence-electron chi connectivity index (χ3n) is 5.72. The van der Waals surface area contributed by atoms with Gasteiger partial charge >= 0.3 is 6.01 Å². The van der Waals surface area contributed by atoms with Crippen LogP contribution in [0.2, 0.25) is 0 Å². The Morgan fingerprint density at radius 3 is 2.86 bits per heavy atom. The molecule has 29 heavy (non-hydrogen) atoms. The minimum atomic E-state index is -0.118. The number of hydrogen-bond donors (Lipinski definition) is 0. The van der Waals surface area contributed by atoms with Crippen LogP contribution in [0.4, 0.5) is 4.39 Å². The first-order valence-electron chi connectivity index (χ1n) is 10.4. The van der Waals surface area contributed by atoms with Gasteiger partial charge in [0.25, 0.3) is 0 Å². The molecule has 1 aromatic heterocycles. The largest absolute Gasteiger partial charge is 0.462 e. The van der Waals surface area contributed by atoms with E-state index in [1.807, 2.05) is 31.7 Å². The fraction of sp³-hybridized carbons (Fsp3) is 0.619. The molecule has 1 aromatic carbocycles. The Hall–Kier alpha value is -1.64. The highest BCUT2D eigenvalue weighted by molar-refractivity contribution is 7.99. The SMILES string of the molecule is CCOc1noc(C2CC(c3ccc(CC)c(F)c3)CN(C3CSCC[N]3)C2)n1. The summed E-state index contributed by atoms with van der Waals surface area (Å²) in [6.45, 7) is 6.93. The normalized spacial score (nSPS) is 25.8. The molecule has 2 aliphatic heterocycles. The third kappa shape index (κ3) is 4.75. The minimum Gasteiger partial charge on any atom is -0.462 e. The summed E-state index contributed by atoms with van der Waals surface area (Å²) < 4.78 is 25.4. The Morgan fingerprint density at radius 1 is 1.28 bits per heavy atom. The van der Waals surface area contributed by atoms with E-state index in [9.17, 15) is 4.39 Å². The van der Waals surface area contributed by atoms with E-state index in [4.69, 9.17) is 14.6 Å². The summed E-state index contributed by atoms with van der Waals surface area (Å²) in [7, 11) is 0. The van der Waals surface area contributed by atoms with Gasteiger partial charge in [-0.15, -0.1) is 0 Å². The topological polar surface area (TPSA) is 65.5 Å². The van der Waals surface area contributed by atoms with E-state index in [2.05, 4.69) is 21.1 Å². The van der Waals surface area contributed by atoms with E-state index in [1.54, 1.807) is 6.07 Å². The maximum atomic E-state index is 14.5. The summed E-state index contributed by atoms with van der Waals surface area (Å²) in [5.74, 6) is 2.83. The lowest BCUT2D eigenvalue weighted by Gasteiger charge is -2.42. The molecule has 2 fully saturated rings. The smallest absolute Gasteiger partial charge is 0.354 e. The second-order valence-corrected chi connectivity index (χ2v) is 8.75. The molecule has 3 heterocycles. The fourth-order valence-corrected chi connectivity index (χ4v) is 5.13. The van der Waals surface area contributed by atoms with Gasteiger partial charge in [0, 0.05) is 31.1 Å². The van der Waals surface area contributed by atoms with E-state index < -0.39 is 0 Å². The van der Waals surface area contributed by atoms with Crippen LogP contribution < -0.4 is 10.1 Å². The second-order valence-electron chi connectivity index (χ2n) is 7.60. The van der Waals surface area contributed by atoms with Gasteiger partial charge in [0.1, 0.15) is 5.82 Å². The van der Waals surface area contributed by atoms with Gasteiger partial charge in [-0.3, -0.25) is 4.90 Å². The molecule has 0 spiro atoms. The molecule has 4 rings (SSSR count). The fourth-order valence-electron chi connectivity index (χ4n) is 4.20. The zero-order valence-electron chi connectivity index (χ0n) is 17.0. The molecule has 0 amide bonds. The van der Waals surface area contributed by atoms with Crippen molar-refractivity contribution < 1.29 is 13.7 Å². The zero-order chi connectivity index (χ0) is 20.2. The molecule has 157 valence electrons. The van der Waals surface area contributed by atoms with E-state index in [1.165, 1.54) is 0 Å². The number of nitrogens with zero attached hydrogens (tertiary/aromatic N) is 4. The number of aryl methyl sites for hydroxylation is 1. The van der Waals surface area contributed by atoms with Gasteiger partial charge in [-0.1, -0.05) is 19.1 Å². The number of thioether (sulfide) groups is 1. The van der Waals surface area contributed by atoms with Crippen molar-refractivity contribution in [2.45, 2.75) is 44.7 Å². The molecule has 2 saturated heterocycles. The van der Waals surface area contributed by atoms with Gasteiger partial charge in [0.2, 0.25) is 5.89 Å². The van der Waals surface area contributed by atoms with Gasteiger partial charge in [-0.2, -0.15) is 16.7 Å². The first-order valence-corrected chi connectivity index (χ1v) is 11.6. The molecule has 8 heteroatoms. The molecule has 2 aromatic rings. The Morgan fingerprint density at radius 2 is 2.14 bits per heavy atom. The number of halogens is 1. The van der Waals surface area contributed by atoms with Crippen LogP contribution in [0.1, 0.15) is 49.1 Å². The summed E-state index contributed by atoms with van der Waals surface area (Å²) in [5, 5.41) is 8.77. The van der Waals surface area contributed by atoms with Crippen molar-refractivity contribution in [1.29, 1.82) is 0 Å². The highest BCUT2D eigenvalue weighted by Crippen LogP contribution is 2.37. The lowest BCUT2D eigenvalue weighted by atomic mass is 9.83. The van der Waals surface area contributed by atoms with Crippen LogP contribution >= 0.6 is 11.8 Å². The van der Waals surface area contributed by atoms with Gasteiger partial charge in [-0.05, 0) is 48.0 Å². The van der Waals surface area contributed by atoms with Crippen molar-refractivity contribution in [1.82, 2.24) is 20.4 Å². The van der Waals surface area contributed by atoms with Crippen LogP contribution in [0, 0.1) is 5.82 Å². The lowest BCUT2D eigenvalue weighted by molar-refractivity contribution is 0.110.